The highest BCUT2D eigenvalue weighted by Crippen LogP contribution is 2.34. The molecule has 1 saturated heterocycles. The maximum Gasteiger partial charge on any atom is 0.357 e. The first-order chi connectivity index (χ1) is 16.0. The number of fused-ring (bicyclic) bond motifs is 1. The number of benzene rings is 1. The van der Waals surface area contributed by atoms with E-state index in [4.69, 9.17) is 0 Å². The third kappa shape index (κ3) is 4.22. The molecule has 1 amide bonds. The summed E-state index contributed by atoms with van der Waals surface area (Å²) >= 11 is 2.92. The fraction of sp³-hybridized carbons (Fsp3) is 0.250. The van der Waals surface area contributed by atoms with E-state index in [2.05, 4.69) is 0 Å². The van der Waals surface area contributed by atoms with Gasteiger partial charge in [-0.05, 0) is 39.9 Å². The van der Waals surface area contributed by atoms with Gasteiger partial charge in [0.25, 0.3) is 5.91 Å². The Kier molecular flexibility index (Phi) is 6.80. The first kappa shape index (κ1) is 23.7. The second-order valence-electron chi connectivity index (χ2n) is 7.75. The van der Waals surface area contributed by atoms with Crippen molar-refractivity contribution in [3.8, 4) is 0 Å². The number of carbonyl (C=O) groups is 1. The van der Waals surface area contributed by atoms with Crippen molar-refractivity contribution in [2.75, 3.05) is 31.1 Å². The van der Waals surface area contributed by atoms with Crippen molar-refractivity contribution in [1.82, 2.24) is 9.47 Å². The van der Waals surface area contributed by atoms with Crippen molar-refractivity contribution in [3.63, 3.8) is 0 Å². The number of amides is 1. The van der Waals surface area contributed by atoms with E-state index in [0.29, 0.717) is 47.6 Å². The molecule has 0 unspecified atom stereocenters. The van der Waals surface area contributed by atoms with Gasteiger partial charge in [-0.15, -0.1) is 11.3 Å². The quantitative estimate of drug-likeness (QED) is 0.296. The number of pyridine rings is 1. The summed E-state index contributed by atoms with van der Waals surface area (Å²) in [7, 11) is 0. The Morgan fingerprint density at radius 1 is 1.03 bits per heavy atom. The van der Waals surface area contributed by atoms with Crippen LogP contribution >= 0.6 is 22.7 Å². The molecule has 1 aliphatic heterocycles. The van der Waals surface area contributed by atoms with Crippen LogP contribution in [-0.2, 0) is 6.54 Å². The summed E-state index contributed by atoms with van der Waals surface area (Å²) < 4.78 is 1.48. The predicted octanol–water partition coefficient (Wildman–Crippen LogP) is 4.68. The van der Waals surface area contributed by atoms with E-state index >= 15 is 0 Å². The summed E-state index contributed by atoms with van der Waals surface area (Å²) in [5.74, 6) is -0.0322. The van der Waals surface area contributed by atoms with Crippen molar-refractivity contribution >= 4 is 50.9 Å². The summed E-state index contributed by atoms with van der Waals surface area (Å²) in [5.41, 5.74) is 0.894. The van der Waals surface area contributed by atoms with Crippen molar-refractivity contribution < 1.29 is 9.72 Å². The third-order valence-corrected chi connectivity index (χ3v) is 7.43. The molecule has 4 heterocycles. The summed E-state index contributed by atoms with van der Waals surface area (Å²) in [6.07, 6.45) is 0. The standard InChI is InChI=1S/C23H20N4O4S2.CH4/c28-22(19-6-3-12-33-19)25-10-8-24(9-11-25)20-17-4-1-2-5-18(17)26(14-16-7-13-32-15-16)23(29)21(20)27(30)31;/h1-7,12-13,15H,8-11,14H2;1H4. The fourth-order valence-corrected chi connectivity index (χ4v) is 5.62. The number of hydrogen-bond donors (Lipinski definition) is 0. The molecule has 0 spiro atoms. The van der Waals surface area contributed by atoms with Gasteiger partial charge in [-0.3, -0.25) is 24.3 Å². The van der Waals surface area contributed by atoms with Gasteiger partial charge in [-0.1, -0.05) is 31.7 Å². The number of nitrogens with zero attached hydrogens (tertiary/aromatic N) is 4. The minimum atomic E-state index is -0.614. The third-order valence-electron chi connectivity index (χ3n) is 5.84. The molecule has 34 heavy (non-hydrogen) atoms. The Morgan fingerprint density at radius 2 is 1.79 bits per heavy atom. The van der Waals surface area contributed by atoms with Crippen molar-refractivity contribution in [1.29, 1.82) is 0 Å². The van der Waals surface area contributed by atoms with Crippen LogP contribution in [-0.4, -0.2) is 46.5 Å². The first-order valence-electron chi connectivity index (χ1n) is 10.4. The molecule has 4 aromatic rings. The van der Waals surface area contributed by atoms with E-state index in [1.54, 1.807) is 11.0 Å². The Labute approximate surface area is 204 Å². The maximum atomic E-state index is 13.4. The summed E-state index contributed by atoms with van der Waals surface area (Å²) in [6, 6.07) is 12.9. The van der Waals surface area contributed by atoms with Crippen LogP contribution < -0.4 is 10.5 Å². The Bertz CT molecular complexity index is 1370. The van der Waals surface area contributed by atoms with Gasteiger partial charge in [0.15, 0.2) is 0 Å². The smallest absolute Gasteiger partial charge is 0.357 e. The van der Waals surface area contributed by atoms with Gasteiger partial charge >= 0.3 is 11.2 Å². The Hall–Kier alpha value is -3.50. The molecule has 5 rings (SSSR count). The predicted molar refractivity (Wildman–Crippen MR) is 137 cm³/mol. The zero-order valence-electron chi connectivity index (χ0n) is 17.5. The van der Waals surface area contributed by atoms with Crippen LogP contribution in [0.3, 0.4) is 0 Å². The number of nitro groups is 1. The normalized spacial score (nSPS) is 13.6. The van der Waals surface area contributed by atoms with Gasteiger partial charge in [0.05, 0.1) is 21.9 Å². The summed E-state index contributed by atoms with van der Waals surface area (Å²) in [5, 5.41) is 18.5. The molecule has 0 bridgehead atoms. The van der Waals surface area contributed by atoms with E-state index in [-0.39, 0.29) is 19.9 Å². The van der Waals surface area contributed by atoms with Crippen LogP contribution in [0.2, 0.25) is 0 Å². The molecule has 0 radical (unpaired) electrons. The van der Waals surface area contributed by atoms with E-state index in [0.717, 1.165) is 5.56 Å². The number of thiophene rings is 2. The molecule has 0 N–H and O–H groups in total. The maximum absolute atomic E-state index is 13.4. The molecule has 176 valence electrons. The molecule has 8 nitrogen and oxygen atoms in total. The van der Waals surface area contributed by atoms with E-state index < -0.39 is 16.2 Å². The Morgan fingerprint density at radius 3 is 2.44 bits per heavy atom. The topological polar surface area (TPSA) is 88.7 Å². The lowest BCUT2D eigenvalue weighted by atomic mass is 10.1. The lowest BCUT2D eigenvalue weighted by Gasteiger charge is -2.36. The molecule has 0 atom stereocenters. The molecule has 10 heteroatoms. The fourth-order valence-electron chi connectivity index (χ4n) is 4.27. The van der Waals surface area contributed by atoms with Gasteiger partial charge < -0.3 is 9.80 Å². The molecule has 0 aliphatic carbocycles. The van der Waals surface area contributed by atoms with Gasteiger partial charge in [-0.2, -0.15) is 11.3 Å². The highest BCUT2D eigenvalue weighted by atomic mass is 32.1. The van der Waals surface area contributed by atoms with Crippen molar-refractivity contribution in [2.24, 2.45) is 0 Å². The van der Waals surface area contributed by atoms with Crippen LogP contribution in [0.25, 0.3) is 10.9 Å². The van der Waals surface area contributed by atoms with Crippen LogP contribution in [0.1, 0.15) is 22.7 Å². The summed E-state index contributed by atoms with van der Waals surface area (Å²) in [6.45, 7) is 1.96. The van der Waals surface area contributed by atoms with E-state index in [1.165, 1.54) is 27.2 Å². The van der Waals surface area contributed by atoms with Crippen LogP contribution in [0.15, 0.2) is 63.4 Å². The average Bonchev–Trinajstić information content (AvgIpc) is 3.54. The molecule has 1 fully saturated rings. The highest BCUT2D eigenvalue weighted by Gasteiger charge is 2.32. The van der Waals surface area contributed by atoms with Gasteiger partial charge in [-0.25, -0.2) is 0 Å². The minimum Gasteiger partial charge on any atom is -0.362 e. The van der Waals surface area contributed by atoms with Gasteiger partial charge in [0.1, 0.15) is 5.69 Å². The SMILES string of the molecule is C.O=C(c1cccs1)N1CCN(c2c([N+](=O)[O-])c(=O)n(Cc3ccsc3)c3ccccc23)CC1. The number of anilines is 1. The second-order valence-corrected chi connectivity index (χ2v) is 9.48. The van der Waals surface area contributed by atoms with E-state index in [9.17, 15) is 19.7 Å². The van der Waals surface area contributed by atoms with Crippen LogP contribution in [0.4, 0.5) is 11.4 Å². The number of rotatable bonds is 5. The van der Waals surface area contributed by atoms with Crippen LogP contribution in [0, 0.1) is 10.1 Å². The molecular formula is C24H24N4O4S2. The summed E-state index contributed by atoms with van der Waals surface area (Å²) in [4.78, 5) is 41.9. The Balaban J connectivity index is 0.00000274. The number of aromatic nitrogens is 1. The lowest BCUT2D eigenvalue weighted by molar-refractivity contribution is -0.385. The highest BCUT2D eigenvalue weighted by molar-refractivity contribution is 7.12. The average molecular weight is 497 g/mol. The van der Waals surface area contributed by atoms with Crippen molar-refractivity contribution in [2.45, 2.75) is 14.0 Å². The number of carbonyl (C=O) groups excluding carboxylic acids is 1. The van der Waals surface area contributed by atoms with Crippen molar-refractivity contribution in [3.05, 3.63) is 89.5 Å². The molecule has 1 aromatic carbocycles. The largest absolute Gasteiger partial charge is 0.362 e. The van der Waals surface area contributed by atoms with E-state index in [1.807, 2.05) is 57.4 Å². The number of piperazine rings is 1. The lowest BCUT2D eigenvalue weighted by Crippen LogP contribution is -2.49. The molecular weight excluding hydrogens is 472 g/mol. The number of hydrogen-bond acceptors (Lipinski definition) is 7. The monoisotopic (exact) mass is 496 g/mol. The minimum absolute atomic E-state index is 0. The molecule has 1 aliphatic rings. The molecule has 3 aromatic heterocycles. The van der Waals surface area contributed by atoms with Gasteiger partial charge in [0.2, 0.25) is 0 Å². The second kappa shape index (κ2) is 9.78. The number of para-hydroxylation sites is 1. The zero-order valence-corrected chi connectivity index (χ0v) is 19.2. The van der Waals surface area contributed by atoms with Gasteiger partial charge in [0, 0.05) is 31.6 Å². The molecule has 0 saturated carbocycles. The van der Waals surface area contributed by atoms with Crippen LogP contribution in [0.5, 0.6) is 0 Å². The first-order valence-corrected chi connectivity index (χ1v) is 12.3. The zero-order chi connectivity index (χ0) is 22.9.